The van der Waals surface area contributed by atoms with Crippen molar-refractivity contribution in [1.29, 1.82) is 0 Å². The standard InChI is InChI=1S/C18H14ClN5O4S/c19-9-8-15(25)20-13-3-1-2-12(10-13)16(26)21-18-23-22-17(29-18)11-4-6-14(7-5-11)24(27)28/h1-7,10H,8-9H2,(H,20,25)(H,21,23,26). The van der Waals surface area contributed by atoms with Gasteiger partial charge in [-0.15, -0.1) is 21.8 Å². The first kappa shape index (κ1) is 20.4. The monoisotopic (exact) mass is 431 g/mol. The second kappa shape index (κ2) is 9.22. The number of carbonyl (C=O) groups excluding carboxylic acids is 2. The van der Waals surface area contributed by atoms with Crippen LogP contribution < -0.4 is 10.6 Å². The molecule has 0 aliphatic heterocycles. The van der Waals surface area contributed by atoms with E-state index in [-0.39, 0.29) is 29.0 Å². The summed E-state index contributed by atoms with van der Waals surface area (Å²) in [6, 6.07) is 12.3. The van der Waals surface area contributed by atoms with Crippen molar-refractivity contribution in [2.24, 2.45) is 0 Å². The first-order valence-electron chi connectivity index (χ1n) is 8.32. The summed E-state index contributed by atoms with van der Waals surface area (Å²) >= 11 is 6.67. The molecule has 2 aromatic carbocycles. The van der Waals surface area contributed by atoms with Gasteiger partial charge in [0, 0.05) is 41.2 Å². The van der Waals surface area contributed by atoms with Crippen LogP contribution in [0.25, 0.3) is 10.6 Å². The van der Waals surface area contributed by atoms with Gasteiger partial charge in [0.2, 0.25) is 11.0 Å². The molecule has 0 saturated heterocycles. The number of hydrogen-bond acceptors (Lipinski definition) is 7. The van der Waals surface area contributed by atoms with Crippen molar-refractivity contribution in [2.75, 3.05) is 16.5 Å². The third-order valence-corrected chi connectivity index (χ3v) is 4.78. The number of carbonyl (C=O) groups is 2. The van der Waals surface area contributed by atoms with Gasteiger partial charge >= 0.3 is 0 Å². The van der Waals surface area contributed by atoms with Crippen molar-refractivity contribution in [1.82, 2.24) is 10.2 Å². The minimum Gasteiger partial charge on any atom is -0.326 e. The molecule has 2 amide bonds. The molecule has 3 rings (SSSR count). The number of rotatable bonds is 7. The van der Waals surface area contributed by atoms with Crippen LogP contribution in [0.15, 0.2) is 48.5 Å². The number of nitrogens with zero attached hydrogens (tertiary/aromatic N) is 3. The number of benzene rings is 2. The van der Waals surface area contributed by atoms with Crippen molar-refractivity contribution < 1.29 is 14.5 Å². The van der Waals surface area contributed by atoms with E-state index in [2.05, 4.69) is 20.8 Å². The number of amides is 2. The fourth-order valence-electron chi connectivity index (χ4n) is 2.33. The van der Waals surface area contributed by atoms with Crippen LogP contribution in [-0.4, -0.2) is 32.8 Å². The Balaban J connectivity index is 1.68. The molecule has 148 valence electrons. The Labute approximate surface area is 173 Å². The van der Waals surface area contributed by atoms with E-state index in [1.165, 1.54) is 12.1 Å². The van der Waals surface area contributed by atoms with Gasteiger partial charge in [-0.05, 0) is 30.3 Å². The zero-order valence-corrected chi connectivity index (χ0v) is 16.4. The molecule has 0 radical (unpaired) electrons. The number of aromatic nitrogens is 2. The highest BCUT2D eigenvalue weighted by molar-refractivity contribution is 7.18. The molecule has 0 aliphatic carbocycles. The lowest BCUT2D eigenvalue weighted by molar-refractivity contribution is -0.384. The summed E-state index contributed by atoms with van der Waals surface area (Å²) in [4.78, 5) is 34.3. The van der Waals surface area contributed by atoms with E-state index in [1.54, 1.807) is 36.4 Å². The van der Waals surface area contributed by atoms with Gasteiger partial charge in [-0.2, -0.15) is 0 Å². The Morgan fingerprint density at radius 1 is 1.10 bits per heavy atom. The van der Waals surface area contributed by atoms with E-state index in [1.807, 2.05) is 0 Å². The first-order valence-corrected chi connectivity index (χ1v) is 9.67. The number of non-ortho nitro benzene ring substituents is 1. The molecule has 29 heavy (non-hydrogen) atoms. The highest BCUT2D eigenvalue weighted by atomic mass is 35.5. The van der Waals surface area contributed by atoms with Gasteiger partial charge in [0.25, 0.3) is 11.6 Å². The number of alkyl halides is 1. The minimum atomic E-state index is -0.484. The lowest BCUT2D eigenvalue weighted by Crippen LogP contribution is -2.14. The normalized spacial score (nSPS) is 10.4. The molecule has 0 saturated carbocycles. The number of halogens is 1. The highest BCUT2D eigenvalue weighted by Crippen LogP contribution is 2.28. The van der Waals surface area contributed by atoms with E-state index in [4.69, 9.17) is 11.6 Å². The second-order valence-electron chi connectivity index (χ2n) is 5.74. The fraction of sp³-hybridized carbons (Fsp3) is 0.111. The molecule has 3 aromatic rings. The number of nitro benzene ring substituents is 1. The molecule has 11 heteroatoms. The topological polar surface area (TPSA) is 127 Å². The molecule has 0 bridgehead atoms. The Morgan fingerprint density at radius 3 is 2.55 bits per heavy atom. The maximum Gasteiger partial charge on any atom is 0.269 e. The summed E-state index contributed by atoms with van der Waals surface area (Å²) in [5, 5.41) is 24.8. The van der Waals surface area contributed by atoms with Gasteiger partial charge in [-0.1, -0.05) is 17.4 Å². The lowest BCUT2D eigenvalue weighted by Gasteiger charge is -2.06. The van der Waals surface area contributed by atoms with Crippen LogP contribution in [0, 0.1) is 10.1 Å². The van der Waals surface area contributed by atoms with Gasteiger partial charge in [0.05, 0.1) is 4.92 Å². The van der Waals surface area contributed by atoms with E-state index in [0.29, 0.717) is 21.8 Å². The minimum absolute atomic E-state index is 0.0233. The van der Waals surface area contributed by atoms with Crippen LogP contribution in [0.2, 0.25) is 0 Å². The van der Waals surface area contributed by atoms with Crippen LogP contribution in [0.4, 0.5) is 16.5 Å². The van der Waals surface area contributed by atoms with Gasteiger partial charge in [0.1, 0.15) is 5.01 Å². The Morgan fingerprint density at radius 2 is 1.86 bits per heavy atom. The van der Waals surface area contributed by atoms with Crippen molar-refractivity contribution in [2.45, 2.75) is 6.42 Å². The average Bonchev–Trinajstić information content (AvgIpc) is 3.17. The van der Waals surface area contributed by atoms with Crippen LogP contribution in [0.1, 0.15) is 16.8 Å². The predicted octanol–water partition coefficient (Wildman–Crippen LogP) is 3.93. The maximum atomic E-state index is 12.5. The van der Waals surface area contributed by atoms with E-state index >= 15 is 0 Å². The van der Waals surface area contributed by atoms with Crippen molar-refractivity contribution in [3.8, 4) is 10.6 Å². The third-order valence-electron chi connectivity index (χ3n) is 3.70. The molecule has 0 unspecified atom stereocenters. The SMILES string of the molecule is O=C(CCCl)Nc1cccc(C(=O)Nc2nnc(-c3ccc([N+](=O)[O-])cc3)s2)c1. The Bertz CT molecular complexity index is 1050. The molecular weight excluding hydrogens is 418 g/mol. The first-order chi connectivity index (χ1) is 14.0. The summed E-state index contributed by atoms with van der Waals surface area (Å²) in [5.74, 6) is -0.445. The van der Waals surface area contributed by atoms with Crippen molar-refractivity contribution >= 4 is 51.3 Å². The largest absolute Gasteiger partial charge is 0.326 e. The smallest absolute Gasteiger partial charge is 0.269 e. The zero-order chi connectivity index (χ0) is 20.8. The molecular formula is C18H14ClN5O4S. The Kier molecular flexibility index (Phi) is 6.47. The fourth-order valence-corrected chi connectivity index (χ4v) is 3.25. The van der Waals surface area contributed by atoms with Crippen LogP contribution in [-0.2, 0) is 4.79 Å². The molecule has 0 spiro atoms. The van der Waals surface area contributed by atoms with E-state index in [0.717, 1.165) is 11.3 Å². The molecule has 1 heterocycles. The molecule has 0 aliphatic rings. The highest BCUT2D eigenvalue weighted by Gasteiger charge is 2.13. The second-order valence-corrected chi connectivity index (χ2v) is 7.09. The predicted molar refractivity (Wildman–Crippen MR) is 110 cm³/mol. The number of nitrogens with one attached hydrogen (secondary N) is 2. The molecule has 1 aromatic heterocycles. The van der Waals surface area contributed by atoms with Gasteiger partial charge in [0.15, 0.2) is 0 Å². The average molecular weight is 432 g/mol. The number of anilines is 2. The number of hydrogen-bond donors (Lipinski definition) is 2. The summed E-state index contributed by atoms with van der Waals surface area (Å²) < 4.78 is 0. The van der Waals surface area contributed by atoms with Gasteiger partial charge in [-0.25, -0.2) is 0 Å². The van der Waals surface area contributed by atoms with Crippen molar-refractivity contribution in [3.63, 3.8) is 0 Å². The molecule has 0 atom stereocenters. The van der Waals surface area contributed by atoms with E-state index in [9.17, 15) is 19.7 Å². The van der Waals surface area contributed by atoms with Crippen LogP contribution in [0.3, 0.4) is 0 Å². The Hall–Kier alpha value is -3.37. The summed E-state index contributed by atoms with van der Waals surface area (Å²) in [7, 11) is 0. The summed E-state index contributed by atoms with van der Waals surface area (Å²) in [5.41, 5.74) is 1.44. The summed E-state index contributed by atoms with van der Waals surface area (Å²) in [6.45, 7) is 0. The number of nitro groups is 1. The summed E-state index contributed by atoms with van der Waals surface area (Å²) in [6.07, 6.45) is 0.175. The van der Waals surface area contributed by atoms with Crippen molar-refractivity contribution in [3.05, 3.63) is 64.2 Å². The molecule has 9 nitrogen and oxygen atoms in total. The van der Waals surface area contributed by atoms with Crippen LogP contribution >= 0.6 is 22.9 Å². The molecule has 2 N–H and O–H groups in total. The lowest BCUT2D eigenvalue weighted by atomic mass is 10.2. The van der Waals surface area contributed by atoms with Gasteiger partial charge in [-0.3, -0.25) is 25.0 Å². The van der Waals surface area contributed by atoms with E-state index < -0.39 is 10.8 Å². The van der Waals surface area contributed by atoms with Gasteiger partial charge < -0.3 is 5.32 Å². The zero-order valence-electron chi connectivity index (χ0n) is 14.8. The quantitative estimate of drug-likeness (QED) is 0.331. The third kappa shape index (κ3) is 5.33. The maximum absolute atomic E-state index is 12.5. The van der Waals surface area contributed by atoms with Crippen LogP contribution in [0.5, 0.6) is 0 Å². The molecule has 0 fully saturated rings.